The predicted molar refractivity (Wildman–Crippen MR) is 112 cm³/mol. The first-order chi connectivity index (χ1) is 14.1. The number of aliphatic hydroxyl groups is 2. The number of pyridine rings is 1. The third-order valence-electron chi connectivity index (χ3n) is 4.56. The molecule has 2 atom stereocenters. The highest BCUT2D eigenvalue weighted by atomic mass is 16.5. The molecule has 3 N–H and O–H groups in total. The lowest BCUT2D eigenvalue weighted by Gasteiger charge is -2.19. The lowest BCUT2D eigenvalue weighted by atomic mass is 10.00. The summed E-state index contributed by atoms with van der Waals surface area (Å²) < 4.78 is 5.68. The molecule has 3 aromatic rings. The molecule has 0 spiro atoms. The Balaban J connectivity index is 1.66. The second kappa shape index (κ2) is 9.95. The highest BCUT2D eigenvalue weighted by Gasteiger charge is 2.13. The second-order valence-electron chi connectivity index (χ2n) is 6.94. The summed E-state index contributed by atoms with van der Waals surface area (Å²) in [5, 5.41) is 21.8. The van der Waals surface area contributed by atoms with Gasteiger partial charge in [0.1, 0.15) is 30.6 Å². The van der Waals surface area contributed by atoms with Crippen LogP contribution in [0.15, 0.2) is 55.0 Å². The van der Waals surface area contributed by atoms with Crippen molar-refractivity contribution in [3.8, 4) is 17.0 Å². The van der Waals surface area contributed by atoms with E-state index in [-0.39, 0.29) is 19.1 Å². The van der Waals surface area contributed by atoms with Crippen molar-refractivity contribution in [2.24, 2.45) is 0 Å². The summed E-state index contributed by atoms with van der Waals surface area (Å²) in [6, 6.07) is 13.5. The topological polar surface area (TPSA) is 100 Å². The maximum atomic E-state index is 9.53. The van der Waals surface area contributed by atoms with E-state index in [1.165, 1.54) is 6.33 Å². The van der Waals surface area contributed by atoms with E-state index in [0.717, 1.165) is 28.3 Å². The van der Waals surface area contributed by atoms with Gasteiger partial charge in [-0.1, -0.05) is 25.1 Å². The van der Waals surface area contributed by atoms with E-state index in [2.05, 4.69) is 27.2 Å². The summed E-state index contributed by atoms with van der Waals surface area (Å²) >= 11 is 0. The zero-order chi connectivity index (χ0) is 20.6. The van der Waals surface area contributed by atoms with Gasteiger partial charge < -0.3 is 20.3 Å². The molecule has 0 aliphatic carbocycles. The Bertz CT molecular complexity index is 918. The summed E-state index contributed by atoms with van der Waals surface area (Å²) in [7, 11) is 0. The molecular weight excluding hydrogens is 368 g/mol. The van der Waals surface area contributed by atoms with Crippen LogP contribution in [0.25, 0.3) is 11.3 Å². The average molecular weight is 394 g/mol. The first-order valence-electron chi connectivity index (χ1n) is 9.56. The van der Waals surface area contributed by atoms with Crippen molar-refractivity contribution in [3.63, 3.8) is 0 Å². The summed E-state index contributed by atoms with van der Waals surface area (Å²) in [6.07, 6.45) is 2.45. The van der Waals surface area contributed by atoms with Crippen LogP contribution in [0.3, 0.4) is 0 Å². The number of benzene rings is 1. The molecule has 152 valence electrons. The highest BCUT2D eigenvalue weighted by molar-refractivity contribution is 5.61. The number of para-hydroxylation sites is 1. The summed E-state index contributed by atoms with van der Waals surface area (Å²) in [5.41, 5.74) is 3.73. The molecule has 7 heteroatoms. The minimum atomic E-state index is -0.896. The minimum absolute atomic E-state index is 0.0491. The Morgan fingerprint density at radius 2 is 1.93 bits per heavy atom. The molecule has 3 rings (SSSR count). The number of rotatable bonds is 9. The smallest absolute Gasteiger partial charge is 0.129 e. The number of aromatic nitrogens is 3. The molecular formula is C22H26N4O3. The number of hydrogen-bond acceptors (Lipinski definition) is 7. The third kappa shape index (κ3) is 5.73. The minimum Gasteiger partial charge on any atom is -0.491 e. The highest BCUT2D eigenvalue weighted by Crippen LogP contribution is 2.27. The first kappa shape index (κ1) is 20.7. The van der Waals surface area contributed by atoms with Crippen molar-refractivity contribution >= 4 is 5.82 Å². The van der Waals surface area contributed by atoms with Crippen molar-refractivity contribution < 1.29 is 14.9 Å². The van der Waals surface area contributed by atoms with Gasteiger partial charge in [-0.2, -0.15) is 0 Å². The molecule has 29 heavy (non-hydrogen) atoms. The Hall–Kier alpha value is -3.03. The van der Waals surface area contributed by atoms with E-state index in [0.29, 0.717) is 12.3 Å². The van der Waals surface area contributed by atoms with Crippen LogP contribution in [0, 0.1) is 6.92 Å². The van der Waals surface area contributed by atoms with Gasteiger partial charge in [-0.05, 0) is 30.7 Å². The van der Waals surface area contributed by atoms with E-state index in [1.807, 2.05) is 49.4 Å². The van der Waals surface area contributed by atoms with Crippen LogP contribution in [-0.2, 0) is 0 Å². The van der Waals surface area contributed by atoms with Gasteiger partial charge in [0.2, 0.25) is 0 Å². The standard InChI is InChI=1S/C22H26N4O3/c1-15(19-5-3-4-6-21(19)29-13-18(28)12-27)10-24-22-9-20(25-14-26-22)17-8-7-16(2)23-11-17/h3-9,11,14-15,18,27-28H,10,12-13H2,1-2H3,(H,24,25,26). The van der Waals surface area contributed by atoms with Gasteiger partial charge in [-0.25, -0.2) is 9.97 Å². The first-order valence-corrected chi connectivity index (χ1v) is 9.56. The molecule has 0 fully saturated rings. The van der Waals surface area contributed by atoms with Crippen LogP contribution in [-0.4, -0.2) is 51.0 Å². The molecule has 0 bridgehead atoms. The number of nitrogens with one attached hydrogen (secondary N) is 1. The Morgan fingerprint density at radius 3 is 2.69 bits per heavy atom. The van der Waals surface area contributed by atoms with Gasteiger partial charge in [0, 0.05) is 36.0 Å². The fourth-order valence-electron chi connectivity index (χ4n) is 2.86. The maximum Gasteiger partial charge on any atom is 0.129 e. The van der Waals surface area contributed by atoms with Crippen molar-refractivity contribution in [2.45, 2.75) is 25.9 Å². The second-order valence-corrected chi connectivity index (χ2v) is 6.94. The molecule has 0 saturated carbocycles. The molecule has 0 aliphatic heterocycles. The zero-order valence-corrected chi connectivity index (χ0v) is 16.6. The number of aliphatic hydroxyl groups excluding tert-OH is 2. The van der Waals surface area contributed by atoms with Crippen LogP contribution in [0.2, 0.25) is 0 Å². The molecule has 0 radical (unpaired) electrons. The van der Waals surface area contributed by atoms with Gasteiger partial charge in [0.25, 0.3) is 0 Å². The third-order valence-corrected chi connectivity index (χ3v) is 4.56. The molecule has 0 saturated heterocycles. The molecule has 1 aromatic carbocycles. The SMILES string of the molecule is Cc1ccc(-c2cc(NCC(C)c3ccccc3OCC(O)CO)ncn2)cn1. The summed E-state index contributed by atoms with van der Waals surface area (Å²) in [6.45, 7) is 4.40. The summed E-state index contributed by atoms with van der Waals surface area (Å²) in [5.74, 6) is 1.57. The quantitative estimate of drug-likeness (QED) is 0.513. The van der Waals surface area contributed by atoms with Crippen LogP contribution in [0.4, 0.5) is 5.82 Å². The average Bonchev–Trinajstić information content (AvgIpc) is 2.76. The van der Waals surface area contributed by atoms with Crippen LogP contribution < -0.4 is 10.1 Å². The van der Waals surface area contributed by atoms with Gasteiger partial charge in [0.15, 0.2) is 0 Å². The molecule has 2 heterocycles. The lowest BCUT2D eigenvalue weighted by molar-refractivity contribution is 0.0532. The van der Waals surface area contributed by atoms with Gasteiger partial charge in [-0.15, -0.1) is 0 Å². The number of anilines is 1. The Morgan fingerprint density at radius 1 is 1.10 bits per heavy atom. The van der Waals surface area contributed by atoms with Crippen LogP contribution in [0.1, 0.15) is 24.1 Å². The van der Waals surface area contributed by atoms with E-state index >= 15 is 0 Å². The van der Waals surface area contributed by atoms with Gasteiger partial charge in [-0.3, -0.25) is 4.98 Å². The van der Waals surface area contributed by atoms with Crippen molar-refractivity contribution in [1.82, 2.24) is 15.0 Å². The molecule has 2 aromatic heterocycles. The summed E-state index contributed by atoms with van der Waals surface area (Å²) in [4.78, 5) is 13.0. The predicted octanol–water partition coefficient (Wildman–Crippen LogP) is 2.79. The van der Waals surface area contributed by atoms with Gasteiger partial charge >= 0.3 is 0 Å². The molecule has 2 unspecified atom stereocenters. The van der Waals surface area contributed by atoms with E-state index < -0.39 is 6.10 Å². The maximum absolute atomic E-state index is 9.53. The Labute approximate surface area is 170 Å². The van der Waals surface area contributed by atoms with Crippen LogP contribution in [0.5, 0.6) is 5.75 Å². The number of ether oxygens (including phenoxy) is 1. The number of nitrogens with zero attached hydrogens (tertiary/aromatic N) is 3. The van der Waals surface area contributed by atoms with E-state index in [1.54, 1.807) is 6.20 Å². The lowest BCUT2D eigenvalue weighted by Crippen LogP contribution is -2.22. The fraction of sp³-hybridized carbons (Fsp3) is 0.318. The van der Waals surface area contributed by atoms with E-state index in [9.17, 15) is 5.11 Å². The Kier molecular flexibility index (Phi) is 7.10. The fourth-order valence-corrected chi connectivity index (χ4v) is 2.86. The van der Waals surface area contributed by atoms with Crippen molar-refractivity contribution in [3.05, 3.63) is 66.2 Å². The monoisotopic (exact) mass is 394 g/mol. The van der Waals surface area contributed by atoms with Crippen LogP contribution >= 0.6 is 0 Å². The molecule has 7 nitrogen and oxygen atoms in total. The van der Waals surface area contributed by atoms with Crippen molar-refractivity contribution in [2.75, 3.05) is 25.1 Å². The molecule has 0 aliphatic rings. The number of aryl methyl sites for hydroxylation is 1. The van der Waals surface area contributed by atoms with Gasteiger partial charge in [0.05, 0.1) is 12.3 Å². The largest absolute Gasteiger partial charge is 0.491 e. The zero-order valence-electron chi connectivity index (χ0n) is 16.6. The number of hydrogen-bond donors (Lipinski definition) is 3. The van der Waals surface area contributed by atoms with Crippen molar-refractivity contribution in [1.29, 1.82) is 0 Å². The van der Waals surface area contributed by atoms with E-state index in [4.69, 9.17) is 9.84 Å². The molecule has 0 amide bonds. The normalized spacial score (nSPS) is 13.0.